The molecule has 1 aliphatic rings. The first-order valence-electron chi connectivity index (χ1n) is 6.18. The maximum Gasteiger partial charge on any atom is 0.317 e. The zero-order chi connectivity index (χ0) is 12.1. The van der Waals surface area contributed by atoms with Crippen molar-refractivity contribution >= 4 is 6.03 Å². The number of carbonyl (C=O) groups is 1. The van der Waals surface area contributed by atoms with Crippen molar-refractivity contribution in [2.75, 3.05) is 13.1 Å². The van der Waals surface area contributed by atoms with E-state index in [4.69, 9.17) is 0 Å². The molecule has 1 fully saturated rings. The molecule has 1 aromatic rings. The van der Waals surface area contributed by atoms with Crippen LogP contribution in [0.1, 0.15) is 25.5 Å². The minimum absolute atomic E-state index is 0.0298. The average Bonchev–Trinajstić information content (AvgIpc) is 2.37. The summed E-state index contributed by atoms with van der Waals surface area (Å²) < 4.78 is 0. The maximum atomic E-state index is 11.9. The lowest BCUT2D eigenvalue weighted by Gasteiger charge is -2.30. The highest BCUT2D eigenvalue weighted by atomic mass is 16.2. The van der Waals surface area contributed by atoms with Gasteiger partial charge in [0.15, 0.2) is 0 Å². The molecule has 2 rings (SSSR count). The van der Waals surface area contributed by atoms with E-state index in [0.29, 0.717) is 12.5 Å². The molecule has 0 saturated carbocycles. The smallest absolute Gasteiger partial charge is 0.317 e. The van der Waals surface area contributed by atoms with Gasteiger partial charge in [0.05, 0.1) is 12.2 Å². The molecule has 0 aromatic carbocycles. The average molecular weight is 233 g/mol. The van der Waals surface area contributed by atoms with Crippen LogP contribution in [0, 0.1) is 5.92 Å². The second kappa shape index (κ2) is 5.66. The fraction of sp³-hybridized carbons (Fsp3) is 0.538. The van der Waals surface area contributed by atoms with Crippen LogP contribution in [0.25, 0.3) is 0 Å². The number of nitrogens with zero attached hydrogens (tertiary/aromatic N) is 2. The van der Waals surface area contributed by atoms with Gasteiger partial charge < -0.3 is 10.2 Å². The summed E-state index contributed by atoms with van der Waals surface area (Å²) in [4.78, 5) is 18.0. The number of urea groups is 1. The Morgan fingerprint density at radius 3 is 3.18 bits per heavy atom. The SMILES string of the molecule is CC1CCCN(C(=O)NCc2ccccn2)C1. The summed E-state index contributed by atoms with van der Waals surface area (Å²) in [6, 6.07) is 5.75. The number of carbonyl (C=O) groups excluding carboxylic acids is 1. The topological polar surface area (TPSA) is 45.2 Å². The summed E-state index contributed by atoms with van der Waals surface area (Å²) in [6.45, 7) is 4.44. The minimum atomic E-state index is 0.0298. The number of rotatable bonds is 2. The van der Waals surface area contributed by atoms with E-state index in [0.717, 1.165) is 25.2 Å². The molecule has 0 spiro atoms. The molecule has 2 heterocycles. The van der Waals surface area contributed by atoms with Crippen LogP contribution in [0.2, 0.25) is 0 Å². The van der Waals surface area contributed by atoms with E-state index < -0.39 is 0 Å². The van der Waals surface area contributed by atoms with Gasteiger partial charge in [0, 0.05) is 19.3 Å². The molecule has 1 aliphatic heterocycles. The highest BCUT2D eigenvalue weighted by Gasteiger charge is 2.20. The predicted molar refractivity (Wildman–Crippen MR) is 66.4 cm³/mol. The van der Waals surface area contributed by atoms with E-state index in [1.54, 1.807) is 6.20 Å². The Bertz CT molecular complexity index is 366. The first kappa shape index (κ1) is 11.9. The van der Waals surface area contributed by atoms with Gasteiger partial charge in [-0.2, -0.15) is 0 Å². The minimum Gasteiger partial charge on any atom is -0.332 e. The van der Waals surface area contributed by atoms with Crippen molar-refractivity contribution in [1.82, 2.24) is 15.2 Å². The van der Waals surface area contributed by atoms with Crippen LogP contribution in [0.4, 0.5) is 4.79 Å². The van der Waals surface area contributed by atoms with E-state index in [2.05, 4.69) is 17.2 Å². The van der Waals surface area contributed by atoms with Gasteiger partial charge >= 0.3 is 6.03 Å². The molecule has 4 heteroatoms. The molecule has 0 aliphatic carbocycles. The predicted octanol–water partition coefficient (Wildman–Crippen LogP) is 2.02. The molecule has 17 heavy (non-hydrogen) atoms. The summed E-state index contributed by atoms with van der Waals surface area (Å²) in [5, 5.41) is 2.91. The van der Waals surface area contributed by atoms with Crippen molar-refractivity contribution in [3.63, 3.8) is 0 Å². The standard InChI is InChI=1S/C13H19N3O/c1-11-5-4-8-16(10-11)13(17)15-9-12-6-2-3-7-14-12/h2-3,6-7,11H,4-5,8-10H2,1H3,(H,15,17). The number of amides is 2. The number of aromatic nitrogens is 1. The Hall–Kier alpha value is -1.58. The van der Waals surface area contributed by atoms with Gasteiger partial charge in [0.25, 0.3) is 0 Å². The second-order valence-corrected chi connectivity index (χ2v) is 4.67. The van der Waals surface area contributed by atoms with Crippen LogP contribution >= 0.6 is 0 Å². The summed E-state index contributed by atoms with van der Waals surface area (Å²) in [5.41, 5.74) is 0.894. The molecule has 92 valence electrons. The fourth-order valence-electron chi connectivity index (χ4n) is 2.15. The van der Waals surface area contributed by atoms with Crippen LogP contribution in [0.15, 0.2) is 24.4 Å². The Labute approximate surface area is 102 Å². The molecule has 1 saturated heterocycles. The van der Waals surface area contributed by atoms with Gasteiger partial charge in [-0.15, -0.1) is 0 Å². The van der Waals surface area contributed by atoms with E-state index in [1.165, 1.54) is 6.42 Å². The van der Waals surface area contributed by atoms with Gasteiger partial charge in [-0.25, -0.2) is 4.79 Å². The first-order valence-corrected chi connectivity index (χ1v) is 6.18. The van der Waals surface area contributed by atoms with Gasteiger partial charge in [-0.05, 0) is 30.9 Å². The summed E-state index contributed by atoms with van der Waals surface area (Å²) in [7, 11) is 0. The molecule has 4 nitrogen and oxygen atoms in total. The zero-order valence-corrected chi connectivity index (χ0v) is 10.2. The highest BCUT2D eigenvalue weighted by molar-refractivity contribution is 5.74. The van der Waals surface area contributed by atoms with Crippen LogP contribution in [0.3, 0.4) is 0 Å². The molecule has 2 amide bonds. The van der Waals surface area contributed by atoms with E-state index >= 15 is 0 Å². The van der Waals surface area contributed by atoms with E-state index in [9.17, 15) is 4.79 Å². The second-order valence-electron chi connectivity index (χ2n) is 4.67. The molecule has 1 N–H and O–H groups in total. The number of pyridine rings is 1. The first-order chi connectivity index (χ1) is 8.25. The van der Waals surface area contributed by atoms with Crippen LogP contribution in [-0.2, 0) is 6.54 Å². The number of nitrogens with one attached hydrogen (secondary N) is 1. The molecule has 1 aromatic heterocycles. The van der Waals surface area contributed by atoms with E-state index in [-0.39, 0.29) is 6.03 Å². The third-order valence-corrected chi connectivity index (χ3v) is 3.09. The summed E-state index contributed by atoms with van der Waals surface area (Å²) in [5.74, 6) is 0.615. The van der Waals surface area contributed by atoms with Crippen molar-refractivity contribution < 1.29 is 4.79 Å². The molecule has 0 radical (unpaired) electrons. The van der Waals surface area contributed by atoms with E-state index in [1.807, 2.05) is 23.1 Å². The monoisotopic (exact) mass is 233 g/mol. The Kier molecular flexibility index (Phi) is 3.96. The number of hydrogen-bond donors (Lipinski definition) is 1. The number of piperidine rings is 1. The van der Waals surface area contributed by atoms with Crippen LogP contribution < -0.4 is 5.32 Å². The Morgan fingerprint density at radius 1 is 1.59 bits per heavy atom. The van der Waals surface area contributed by atoms with Gasteiger partial charge in [-0.1, -0.05) is 13.0 Å². The largest absolute Gasteiger partial charge is 0.332 e. The normalized spacial score (nSPS) is 20.1. The third kappa shape index (κ3) is 3.44. The molecule has 1 atom stereocenters. The molecular weight excluding hydrogens is 214 g/mol. The van der Waals surface area contributed by atoms with Crippen LogP contribution in [-0.4, -0.2) is 29.0 Å². The molecular formula is C13H19N3O. The quantitative estimate of drug-likeness (QED) is 0.849. The summed E-state index contributed by atoms with van der Waals surface area (Å²) in [6.07, 6.45) is 4.08. The number of likely N-dealkylation sites (tertiary alicyclic amines) is 1. The zero-order valence-electron chi connectivity index (χ0n) is 10.2. The van der Waals surface area contributed by atoms with Gasteiger partial charge in [0.1, 0.15) is 0 Å². The highest BCUT2D eigenvalue weighted by Crippen LogP contribution is 2.15. The Morgan fingerprint density at radius 2 is 2.47 bits per heavy atom. The molecule has 1 unspecified atom stereocenters. The summed E-state index contributed by atoms with van der Waals surface area (Å²) >= 11 is 0. The Balaban J connectivity index is 1.81. The van der Waals surface area contributed by atoms with Gasteiger partial charge in [0.2, 0.25) is 0 Å². The van der Waals surface area contributed by atoms with Crippen LogP contribution in [0.5, 0.6) is 0 Å². The van der Waals surface area contributed by atoms with Crippen molar-refractivity contribution in [3.8, 4) is 0 Å². The third-order valence-electron chi connectivity index (χ3n) is 3.09. The lowest BCUT2D eigenvalue weighted by molar-refractivity contribution is 0.169. The van der Waals surface area contributed by atoms with Gasteiger partial charge in [-0.3, -0.25) is 4.98 Å². The van der Waals surface area contributed by atoms with Crippen molar-refractivity contribution in [3.05, 3.63) is 30.1 Å². The van der Waals surface area contributed by atoms with Crippen molar-refractivity contribution in [2.45, 2.75) is 26.3 Å². The van der Waals surface area contributed by atoms with Crippen molar-refractivity contribution in [1.29, 1.82) is 0 Å². The van der Waals surface area contributed by atoms with Crippen molar-refractivity contribution in [2.24, 2.45) is 5.92 Å². The fourth-order valence-corrected chi connectivity index (χ4v) is 2.15. The lowest BCUT2D eigenvalue weighted by Crippen LogP contribution is -2.44. The number of hydrogen-bond acceptors (Lipinski definition) is 2. The molecule has 0 bridgehead atoms. The maximum absolute atomic E-state index is 11.9. The lowest BCUT2D eigenvalue weighted by atomic mass is 10.0.